The van der Waals surface area contributed by atoms with E-state index >= 15 is 0 Å². The van der Waals surface area contributed by atoms with Crippen LogP contribution in [0, 0.1) is 6.92 Å². The Bertz CT molecular complexity index is 485. The molecule has 16 heavy (non-hydrogen) atoms. The Morgan fingerprint density at radius 2 is 1.75 bits per heavy atom. The molecule has 1 heterocycles. The van der Waals surface area contributed by atoms with Crippen LogP contribution >= 0.6 is 11.6 Å². The van der Waals surface area contributed by atoms with Crippen LogP contribution in [-0.2, 0) is 0 Å². The van der Waals surface area contributed by atoms with Crippen LogP contribution in [0.4, 0.5) is 0 Å². The quantitative estimate of drug-likeness (QED) is 0.799. The highest BCUT2D eigenvalue weighted by Crippen LogP contribution is 2.22. The molecule has 0 atom stereocenters. The largest absolute Gasteiger partial charge is 0.270 e. The first-order chi connectivity index (χ1) is 7.59. The summed E-state index contributed by atoms with van der Waals surface area (Å²) in [6.07, 6.45) is 0. The third kappa shape index (κ3) is 1.95. The minimum absolute atomic E-state index is 0.293. The fraction of sp³-hybridized carbons (Fsp3) is 0.333. The lowest BCUT2D eigenvalue weighted by atomic mass is 10.2. The van der Waals surface area contributed by atoms with Gasteiger partial charge in [0.15, 0.2) is 0 Å². The van der Waals surface area contributed by atoms with Crippen LogP contribution in [0.25, 0.3) is 5.69 Å². The van der Waals surface area contributed by atoms with Gasteiger partial charge in [-0.25, -0.2) is 0 Å². The molecule has 84 valence electrons. The van der Waals surface area contributed by atoms with E-state index in [9.17, 15) is 0 Å². The monoisotopic (exact) mass is 235 g/mol. The van der Waals surface area contributed by atoms with E-state index in [2.05, 4.69) is 43.1 Å². The average Bonchev–Trinajstić information content (AvgIpc) is 2.62. The summed E-state index contributed by atoms with van der Waals surface area (Å²) < 4.78 is 1.88. The summed E-state index contributed by atoms with van der Waals surface area (Å²) in [6, 6.07) is 8.15. The van der Waals surface area contributed by atoms with E-state index in [4.69, 9.17) is 11.6 Å². The summed E-state index contributed by atoms with van der Waals surface area (Å²) in [6.45, 7) is 6.21. The van der Waals surface area contributed by atoms with Gasteiger partial charge < -0.3 is 0 Å². The highest BCUT2D eigenvalue weighted by Gasteiger charge is 2.14. The van der Waals surface area contributed by atoms with Crippen molar-refractivity contribution in [3.63, 3.8) is 0 Å². The molecule has 1 aromatic heterocycles. The Morgan fingerprint density at radius 1 is 1.12 bits per heavy atom. The molecule has 2 rings (SSSR count). The minimum atomic E-state index is 0.293. The van der Waals surface area contributed by atoms with Gasteiger partial charge in [0.2, 0.25) is 5.28 Å². The number of rotatable bonds is 2. The molecule has 0 saturated heterocycles. The maximum Gasteiger partial charge on any atom is 0.229 e. The van der Waals surface area contributed by atoms with Crippen LogP contribution in [0.1, 0.15) is 31.2 Å². The van der Waals surface area contributed by atoms with Gasteiger partial charge >= 0.3 is 0 Å². The van der Waals surface area contributed by atoms with Crippen molar-refractivity contribution in [3.8, 4) is 5.69 Å². The second-order valence-corrected chi connectivity index (χ2v) is 4.49. The SMILES string of the molecule is Cc1ccc(-n2c(Cl)nnc2C(C)C)cc1. The molecule has 4 heteroatoms. The van der Waals surface area contributed by atoms with Gasteiger partial charge in [0.1, 0.15) is 5.82 Å². The molecule has 1 aromatic carbocycles. The predicted molar refractivity (Wildman–Crippen MR) is 65.2 cm³/mol. The van der Waals surface area contributed by atoms with Crippen molar-refractivity contribution < 1.29 is 0 Å². The topological polar surface area (TPSA) is 30.7 Å². The summed E-state index contributed by atoms with van der Waals surface area (Å²) in [5, 5.41) is 8.42. The fourth-order valence-corrected chi connectivity index (χ4v) is 1.80. The summed E-state index contributed by atoms with van der Waals surface area (Å²) in [7, 11) is 0. The van der Waals surface area contributed by atoms with Crippen LogP contribution in [0.3, 0.4) is 0 Å². The minimum Gasteiger partial charge on any atom is -0.270 e. The first kappa shape index (κ1) is 11.1. The molecule has 0 fully saturated rings. The molecule has 3 nitrogen and oxygen atoms in total. The third-order valence-electron chi connectivity index (χ3n) is 2.46. The van der Waals surface area contributed by atoms with Gasteiger partial charge in [-0.1, -0.05) is 31.5 Å². The summed E-state index contributed by atoms with van der Waals surface area (Å²) >= 11 is 6.05. The number of hydrogen-bond donors (Lipinski definition) is 0. The van der Waals surface area contributed by atoms with Crippen LogP contribution in [0.15, 0.2) is 24.3 Å². The number of nitrogens with zero attached hydrogens (tertiary/aromatic N) is 3. The molecule has 0 aliphatic carbocycles. The highest BCUT2D eigenvalue weighted by molar-refractivity contribution is 6.28. The molecule has 0 aliphatic heterocycles. The second kappa shape index (κ2) is 4.26. The first-order valence-corrected chi connectivity index (χ1v) is 5.65. The lowest BCUT2D eigenvalue weighted by Crippen LogP contribution is -2.03. The standard InChI is InChI=1S/C12H14ClN3/c1-8(2)11-14-15-12(13)16(11)10-6-4-9(3)5-7-10/h4-8H,1-3H3. The van der Waals surface area contributed by atoms with Gasteiger partial charge in [-0.05, 0) is 30.7 Å². The zero-order valence-electron chi connectivity index (χ0n) is 9.61. The van der Waals surface area contributed by atoms with Gasteiger partial charge in [0.05, 0.1) is 0 Å². The molecular formula is C12H14ClN3. The summed E-state index contributed by atoms with van der Waals surface area (Å²) in [5.41, 5.74) is 2.23. The van der Waals surface area contributed by atoms with Crippen molar-refractivity contribution >= 4 is 11.6 Å². The molecule has 0 unspecified atom stereocenters. The normalized spacial score (nSPS) is 11.1. The van der Waals surface area contributed by atoms with E-state index in [0.29, 0.717) is 11.2 Å². The number of aromatic nitrogens is 3. The Labute approximate surface area is 100 Å². The van der Waals surface area contributed by atoms with Gasteiger partial charge in [-0.3, -0.25) is 4.57 Å². The van der Waals surface area contributed by atoms with E-state index < -0.39 is 0 Å². The molecule has 0 spiro atoms. The molecule has 0 saturated carbocycles. The second-order valence-electron chi connectivity index (χ2n) is 4.15. The van der Waals surface area contributed by atoms with Gasteiger partial charge in [-0.2, -0.15) is 0 Å². The van der Waals surface area contributed by atoms with E-state index in [0.717, 1.165) is 11.5 Å². The van der Waals surface area contributed by atoms with Gasteiger partial charge in [-0.15, -0.1) is 10.2 Å². The predicted octanol–water partition coefficient (Wildman–Crippen LogP) is 3.35. The molecule has 0 bridgehead atoms. The number of hydrogen-bond acceptors (Lipinski definition) is 2. The van der Waals surface area contributed by atoms with Crippen LogP contribution in [-0.4, -0.2) is 14.8 Å². The molecule has 0 aliphatic rings. The Balaban J connectivity index is 2.54. The van der Waals surface area contributed by atoms with Crippen LogP contribution in [0.5, 0.6) is 0 Å². The van der Waals surface area contributed by atoms with E-state index in [1.807, 2.05) is 16.7 Å². The van der Waals surface area contributed by atoms with Crippen molar-refractivity contribution in [2.45, 2.75) is 26.7 Å². The molecule has 0 radical (unpaired) electrons. The number of aryl methyl sites for hydroxylation is 1. The van der Waals surface area contributed by atoms with Crippen molar-refractivity contribution in [2.24, 2.45) is 0 Å². The average molecular weight is 236 g/mol. The van der Waals surface area contributed by atoms with Gasteiger partial charge in [0.25, 0.3) is 0 Å². The lowest BCUT2D eigenvalue weighted by molar-refractivity contribution is 0.745. The summed E-state index contributed by atoms with van der Waals surface area (Å²) in [5.74, 6) is 1.18. The Morgan fingerprint density at radius 3 is 2.31 bits per heavy atom. The molecule has 0 N–H and O–H groups in total. The number of benzene rings is 1. The lowest BCUT2D eigenvalue weighted by Gasteiger charge is -2.09. The molecule has 0 amide bonds. The van der Waals surface area contributed by atoms with Crippen molar-refractivity contribution in [2.75, 3.05) is 0 Å². The van der Waals surface area contributed by atoms with Crippen molar-refractivity contribution in [1.82, 2.24) is 14.8 Å². The molecular weight excluding hydrogens is 222 g/mol. The maximum absolute atomic E-state index is 6.05. The zero-order valence-corrected chi connectivity index (χ0v) is 10.4. The van der Waals surface area contributed by atoms with Crippen LogP contribution < -0.4 is 0 Å². The Kier molecular flexibility index (Phi) is 2.97. The van der Waals surface area contributed by atoms with E-state index in [1.165, 1.54) is 5.56 Å². The first-order valence-electron chi connectivity index (χ1n) is 5.27. The Hall–Kier alpha value is -1.35. The summed E-state index contributed by atoms with van der Waals surface area (Å²) in [4.78, 5) is 0. The smallest absolute Gasteiger partial charge is 0.229 e. The fourth-order valence-electron chi connectivity index (χ4n) is 1.58. The van der Waals surface area contributed by atoms with Crippen molar-refractivity contribution in [3.05, 3.63) is 40.9 Å². The maximum atomic E-state index is 6.05. The van der Waals surface area contributed by atoms with Crippen molar-refractivity contribution in [1.29, 1.82) is 0 Å². The molecule has 2 aromatic rings. The van der Waals surface area contributed by atoms with E-state index in [1.54, 1.807) is 0 Å². The van der Waals surface area contributed by atoms with Crippen LogP contribution in [0.2, 0.25) is 5.28 Å². The van der Waals surface area contributed by atoms with E-state index in [-0.39, 0.29) is 0 Å². The highest BCUT2D eigenvalue weighted by atomic mass is 35.5. The van der Waals surface area contributed by atoms with Gasteiger partial charge in [0, 0.05) is 11.6 Å². The third-order valence-corrected chi connectivity index (χ3v) is 2.70. The number of halogens is 1. The zero-order chi connectivity index (χ0) is 11.7.